The molecule has 0 bridgehead atoms. The van der Waals surface area contributed by atoms with E-state index in [9.17, 15) is 18.0 Å². The van der Waals surface area contributed by atoms with Crippen LogP contribution in [0, 0.1) is 10.8 Å². The topological polar surface area (TPSA) is 80.8 Å². The van der Waals surface area contributed by atoms with Crippen LogP contribution in [0.2, 0.25) is 5.02 Å². The molecule has 0 atom stereocenters. The van der Waals surface area contributed by atoms with Crippen LogP contribution in [-0.2, 0) is 19.7 Å². The van der Waals surface area contributed by atoms with Crippen molar-refractivity contribution < 1.29 is 22.2 Å². The minimum absolute atomic E-state index is 0.00620. The van der Waals surface area contributed by atoms with Gasteiger partial charge in [-0.25, -0.2) is 0 Å². The summed E-state index contributed by atoms with van der Waals surface area (Å²) in [5, 5.41) is 0.101. The lowest BCUT2D eigenvalue weighted by Crippen LogP contribution is -2.44. The Labute approximate surface area is 242 Å². The summed E-state index contributed by atoms with van der Waals surface area (Å²) in [6.07, 6.45) is 3.15. The van der Waals surface area contributed by atoms with Gasteiger partial charge in [-0.1, -0.05) is 70.5 Å². The van der Waals surface area contributed by atoms with Gasteiger partial charge in [0.05, 0.1) is 5.02 Å². The van der Waals surface area contributed by atoms with Crippen molar-refractivity contribution in [2.45, 2.75) is 77.5 Å². The molecule has 0 saturated heterocycles. The highest BCUT2D eigenvalue weighted by Gasteiger charge is 2.48. The van der Waals surface area contributed by atoms with Gasteiger partial charge in [0, 0.05) is 47.8 Å². The number of hydrogen-bond donors (Lipinski definition) is 0. The SMILES string of the molecule is CCCN1C2=C(C(=O)CC(C)(C)C2)C(c2ccc(OS(=O)(=O)c3ccccc3)c(Cl)c2)C2=C1CC(C)(C)CC2=O. The Bertz CT molecular complexity index is 1500. The fourth-order valence-electron chi connectivity index (χ4n) is 6.39. The first-order chi connectivity index (χ1) is 18.7. The third kappa shape index (κ3) is 5.26. The molecule has 8 heteroatoms. The van der Waals surface area contributed by atoms with Crippen molar-refractivity contribution in [3.05, 3.63) is 81.7 Å². The molecule has 6 nitrogen and oxygen atoms in total. The van der Waals surface area contributed by atoms with E-state index in [1.54, 1.807) is 30.3 Å². The van der Waals surface area contributed by atoms with Crippen LogP contribution in [-0.4, -0.2) is 31.4 Å². The van der Waals surface area contributed by atoms with E-state index in [0.717, 1.165) is 37.2 Å². The van der Waals surface area contributed by atoms with Crippen molar-refractivity contribution in [3.8, 4) is 5.75 Å². The number of benzene rings is 2. The van der Waals surface area contributed by atoms with Crippen molar-refractivity contribution in [3.63, 3.8) is 0 Å². The Morgan fingerprint density at radius 2 is 1.43 bits per heavy atom. The molecular weight excluding hydrogens is 546 g/mol. The summed E-state index contributed by atoms with van der Waals surface area (Å²) < 4.78 is 31.1. The lowest BCUT2D eigenvalue weighted by Gasteiger charge is -2.49. The van der Waals surface area contributed by atoms with E-state index in [2.05, 4.69) is 39.5 Å². The number of ketones is 2. The number of carbonyl (C=O) groups excluding carboxylic acids is 2. The van der Waals surface area contributed by atoms with Gasteiger partial charge in [0.15, 0.2) is 17.3 Å². The van der Waals surface area contributed by atoms with Crippen LogP contribution < -0.4 is 4.18 Å². The number of rotatable bonds is 6. The standard InChI is InChI=1S/C32H36ClNO5S/c1-6-14-34-23-16-31(2,3)18-25(35)29(23)28(30-24(34)17-32(4,5)19-26(30)36)20-12-13-27(22(33)15-20)39-40(37,38)21-10-8-7-9-11-21/h7-13,15,28H,6,14,16-19H2,1-5H3. The molecule has 0 saturated carbocycles. The predicted molar refractivity (Wildman–Crippen MR) is 156 cm³/mol. The highest BCUT2D eigenvalue weighted by Crippen LogP contribution is 2.54. The maximum Gasteiger partial charge on any atom is 0.339 e. The average molecular weight is 582 g/mol. The summed E-state index contributed by atoms with van der Waals surface area (Å²) in [7, 11) is -4.09. The van der Waals surface area contributed by atoms with Crippen molar-refractivity contribution in [2.24, 2.45) is 10.8 Å². The van der Waals surface area contributed by atoms with E-state index in [0.29, 0.717) is 29.6 Å². The second-order valence-corrected chi connectivity index (χ2v) is 14.7. The van der Waals surface area contributed by atoms with Crippen LogP contribution in [0.1, 0.15) is 78.2 Å². The fraction of sp³-hybridized carbons (Fsp3) is 0.438. The molecule has 0 aromatic heterocycles. The summed E-state index contributed by atoms with van der Waals surface area (Å²) in [6, 6.07) is 12.8. The molecule has 3 aliphatic rings. The van der Waals surface area contributed by atoms with E-state index in [1.165, 1.54) is 18.2 Å². The van der Waals surface area contributed by atoms with Gasteiger partial charge in [-0.05, 0) is 59.9 Å². The number of nitrogens with zero attached hydrogens (tertiary/aromatic N) is 1. The Kier molecular flexibility index (Phi) is 7.28. The van der Waals surface area contributed by atoms with E-state index < -0.39 is 16.0 Å². The van der Waals surface area contributed by atoms with Crippen LogP contribution in [0.4, 0.5) is 0 Å². The zero-order valence-electron chi connectivity index (χ0n) is 23.7. The summed E-state index contributed by atoms with van der Waals surface area (Å²) in [5.41, 5.74) is 3.63. The summed E-state index contributed by atoms with van der Waals surface area (Å²) in [5.74, 6) is -0.467. The quantitative estimate of drug-likeness (QED) is 0.335. The monoisotopic (exact) mass is 581 g/mol. The number of Topliss-reactive ketones (excluding diaryl/α,β-unsaturated/α-hetero) is 2. The van der Waals surface area contributed by atoms with Gasteiger partial charge in [0.25, 0.3) is 0 Å². The zero-order chi connectivity index (χ0) is 29.0. The smallest absolute Gasteiger partial charge is 0.339 e. The molecular formula is C32H36ClNO5S. The van der Waals surface area contributed by atoms with E-state index >= 15 is 0 Å². The predicted octanol–water partition coefficient (Wildman–Crippen LogP) is 7.20. The minimum atomic E-state index is -4.09. The Hall–Kier alpha value is -2.90. The van der Waals surface area contributed by atoms with Gasteiger partial charge < -0.3 is 9.08 Å². The molecule has 0 fully saturated rings. The highest BCUT2D eigenvalue weighted by atomic mass is 35.5. The van der Waals surface area contributed by atoms with Crippen LogP contribution in [0.25, 0.3) is 0 Å². The molecule has 5 rings (SSSR count). The normalized spacial score (nSPS) is 20.9. The van der Waals surface area contributed by atoms with Crippen molar-refractivity contribution >= 4 is 33.3 Å². The Morgan fingerprint density at radius 1 is 0.875 bits per heavy atom. The third-order valence-electron chi connectivity index (χ3n) is 7.99. The summed E-state index contributed by atoms with van der Waals surface area (Å²) in [6.45, 7) is 11.3. The Morgan fingerprint density at radius 3 is 1.93 bits per heavy atom. The number of allylic oxidation sites excluding steroid dienone is 4. The van der Waals surface area contributed by atoms with Crippen molar-refractivity contribution in [1.82, 2.24) is 4.90 Å². The molecule has 0 N–H and O–H groups in total. The van der Waals surface area contributed by atoms with E-state index in [4.69, 9.17) is 15.8 Å². The van der Waals surface area contributed by atoms with Crippen LogP contribution in [0.15, 0.2) is 76.0 Å². The molecule has 2 aliphatic carbocycles. The lowest BCUT2D eigenvalue weighted by molar-refractivity contribution is -0.119. The first-order valence-electron chi connectivity index (χ1n) is 13.8. The fourth-order valence-corrected chi connectivity index (χ4v) is 7.63. The van der Waals surface area contributed by atoms with Gasteiger partial charge in [0.2, 0.25) is 0 Å². The zero-order valence-corrected chi connectivity index (χ0v) is 25.3. The average Bonchev–Trinajstić information content (AvgIpc) is 2.85. The van der Waals surface area contributed by atoms with Gasteiger partial charge in [-0.3, -0.25) is 9.59 Å². The molecule has 0 unspecified atom stereocenters. The number of hydrogen-bond acceptors (Lipinski definition) is 6. The molecule has 2 aromatic carbocycles. The van der Waals surface area contributed by atoms with Crippen LogP contribution >= 0.6 is 11.6 Å². The van der Waals surface area contributed by atoms with E-state index in [-0.39, 0.29) is 38.1 Å². The first-order valence-corrected chi connectivity index (χ1v) is 15.6. The molecule has 40 heavy (non-hydrogen) atoms. The molecule has 0 radical (unpaired) electrons. The van der Waals surface area contributed by atoms with E-state index in [1.807, 2.05) is 0 Å². The van der Waals surface area contributed by atoms with Gasteiger partial charge in [0.1, 0.15) is 4.90 Å². The maximum atomic E-state index is 13.8. The van der Waals surface area contributed by atoms with Crippen LogP contribution in [0.3, 0.4) is 0 Å². The third-order valence-corrected chi connectivity index (χ3v) is 9.53. The summed E-state index contributed by atoms with van der Waals surface area (Å²) in [4.78, 5) is 29.9. The summed E-state index contributed by atoms with van der Waals surface area (Å²) >= 11 is 6.63. The van der Waals surface area contributed by atoms with Gasteiger partial charge >= 0.3 is 10.1 Å². The van der Waals surface area contributed by atoms with Gasteiger partial charge in [-0.2, -0.15) is 8.42 Å². The molecule has 212 valence electrons. The molecule has 0 amide bonds. The second-order valence-electron chi connectivity index (χ2n) is 12.7. The second kappa shape index (κ2) is 10.2. The maximum absolute atomic E-state index is 13.8. The number of halogens is 1. The Balaban J connectivity index is 1.64. The molecule has 1 heterocycles. The molecule has 1 aliphatic heterocycles. The molecule has 0 spiro atoms. The van der Waals surface area contributed by atoms with Crippen molar-refractivity contribution in [2.75, 3.05) is 6.54 Å². The highest BCUT2D eigenvalue weighted by molar-refractivity contribution is 7.87. The van der Waals surface area contributed by atoms with Crippen LogP contribution in [0.5, 0.6) is 5.75 Å². The van der Waals surface area contributed by atoms with Crippen molar-refractivity contribution in [1.29, 1.82) is 0 Å². The lowest BCUT2D eigenvalue weighted by atomic mass is 9.63. The number of carbonyl (C=O) groups is 2. The first kappa shape index (κ1) is 28.6. The van der Waals surface area contributed by atoms with Gasteiger partial charge in [-0.15, -0.1) is 0 Å². The largest absolute Gasteiger partial charge is 0.377 e. The minimum Gasteiger partial charge on any atom is -0.377 e. The molecule has 2 aromatic rings.